The van der Waals surface area contributed by atoms with Crippen molar-refractivity contribution in [1.82, 2.24) is 0 Å². The summed E-state index contributed by atoms with van der Waals surface area (Å²) in [6, 6.07) is 9.34. The fraction of sp³-hybridized carbons (Fsp3) is 0.118. The molecule has 0 saturated heterocycles. The van der Waals surface area contributed by atoms with Crippen LogP contribution in [0.2, 0.25) is 0 Å². The average molecular weight is 341 g/mol. The highest BCUT2D eigenvalue weighted by molar-refractivity contribution is 6.05. The van der Waals surface area contributed by atoms with E-state index in [2.05, 4.69) is 10.6 Å². The van der Waals surface area contributed by atoms with Crippen LogP contribution in [-0.4, -0.2) is 24.5 Å². The lowest BCUT2D eigenvalue weighted by Crippen LogP contribution is -1.99. The van der Waals surface area contributed by atoms with Crippen molar-refractivity contribution in [1.29, 1.82) is 0 Å². The van der Waals surface area contributed by atoms with Crippen LogP contribution >= 0.6 is 0 Å². The summed E-state index contributed by atoms with van der Waals surface area (Å²) < 4.78 is 10.5. The van der Waals surface area contributed by atoms with Gasteiger partial charge in [0.25, 0.3) is 5.69 Å². The van der Waals surface area contributed by atoms with Crippen LogP contribution in [0.3, 0.4) is 0 Å². The van der Waals surface area contributed by atoms with Crippen molar-refractivity contribution in [2.75, 3.05) is 24.5 Å². The number of hydrogen-bond acceptors (Lipinski definition) is 7. The number of fused-ring (bicyclic) bond motifs is 1. The normalized spacial score (nSPS) is 12.2. The van der Waals surface area contributed by atoms with Crippen LogP contribution in [0.4, 0.5) is 17.1 Å². The van der Waals surface area contributed by atoms with Crippen LogP contribution in [-0.2, 0) is 0 Å². The minimum absolute atomic E-state index is 0.0182. The summed E-state index contributed by atoms with van der Waals surface area (Å²) in [5, 5.41) is 16.6. The van der Waals surface area contributed by atoms with Crippen LogP contribution in [0.1, 0.15) is 10.4 Å². The highest BCUT2D eigenvalue weighted by atomic mass is 16.7. The number of carbonyl (C=O) groups is 1. The number of ether oxygens (including phenoxy) is 2. The van der Waals surface area contributed by atoms with Gasteiger partial charge in [-0.3, -0.25) is 14.9 Å². The zero-order valence-corrected chi connectivity index (χ0v) is 13.3. The summed E-state index contributed by atoms with van der Waals surface area (Å²) in [6.45, 7) is 0.150. The number of benzene rings is 2. The number of anilines is 2. The van der Waals surface area contributed by atoms with Gasteiger partial charge in [0, 0.05) is 37.0 Å². The molecule has 0 bridgehead atoms. The molecule has 0 saturated carbocycles. The first-order chi connectivity index (χ1) is 12.1. The largest absolute Gasteiger partial charge is 0.454 e. The van der Waals surface area contributed by atoms with Crippen LogP contribution < -0.4 is 20.1 Å². The Morgan fingerprint density at radius 3 is 2.72 bits per heavy atom. The molecule has 0 atom stereocenters. The number of ketones is 1. The van der Waals surface area contributed by atoms with E-state index in [-0.39, 0.29) is 18.3 Å². The standard InChI is InChI=1S/C17H15N3O5/c1-18-14-9-12(20(22)23)3-4-13(14)19-7-6-15(21)11-2-5-16-17(8-11)25-10-24-16/h2-9,18-19H,10H2,1H3/b7-6+. The van der Waals surface area contributed by atoms with E-state index < -0.39 is 4.92 Å². The maximum atomic E-state index is 12.2. The minimum atomic E-state index is -0.469. The maximum absolute atomic E-state index is 12.2. The molecule has 1 aliphatic heterocycles. The summed E-state index contributed by atoms with van der Waals surface area (Å²) in [5.41, 5.74) is 1.62. The fourth-order valence-electron chi connectivity index (χ4n) is 2.33. The molecule has 0 aromatic heterocycles. The molecule has 25 heavy (non-hydrogen) atoms. The molecule has 0 spiro atoms. The van der Waals surface area contributed by atoms with Gasteiger partial charge in [-0.2, -0.15) is 0 Å². The molecule has 1 heterocycles. The molecule has 0 radical (unpaired) electrons. The van der Waals surface area contributed by atoms with Gasteiger partial charge >= 0.3 is 0 Å². The van der Waals surface area contributed by atoms with Gasteiger partial charge in [-0.1, -0.05) is 0 Å². The monoisotopic (exact) mass is 341 g/mol. The first-order valence-corrected chi connectivity index (χ1v) is 7.42. The van der Waals surface area contributed by atoms with Crippen molar-refractivity contribution in [3.05, 3.63) is 64.4 Å². The molecule has 0 fully saturated rings. The van der Waals surface area contributed by atoms with Crippen LogP contribution in [0.15, 0.2) is 48.7 Å². The number of carbonyl (C=O) groups excluding carboxylic acids is 1. The highest BCUT2D eigenvalue weighted by Crippen LogP contribution is 2.32. The molecular formula is C17H15N3O5. The van der Waals surface area contributed by atoms with Crippen molar-refractivity contribution in [2.24, 2.45) is 0 Å². The third kappa shape index (κ3) is 3.52. The predicted octanol–water partition coefficient (Wildman–Crippen LogP) is 3.17. The Hall–Kier alpha value is -3.55. The first kappa shape index (κ1) is 16.3. The van der Waals surface area contributed by atoms with E-state index in [1.54, 1.807) is 31.3 Å². The number of rotatable bonds is 6. The summed E-state index contributed by atoms with van der Waals surface area (Å²) in [6.07, 6.45) is 2.85. The Kier molecular flexibility index (Phi) is 4.51. The second-order valence-corrected chi connectivity index (χ2v) is 5.15. The zero-order valence-electron chi connectivity index (χ0n) is 13.3. The number of hydrogen-bond donors (Lipinski definition) is 2. The van der Waals surface area contributed by atoms with E-state index >= 15 is 0 Å². The second kappa shape index (κ2) is 6.91. The molecule has 128 valence electrons. The summed E-state index contributed by atoms with van der Waals surface area (Å²) in [5.74, 6) is 0.946. The summed E-state index contributed by atoms with van der Waals surface area (Å²) in [7, 11) is 1.66. The predicted molar refractivity (Wildman–Crippen MR) is 92.3 cm³/mol. The number of allylic oxidation sites excluding steroid dienone is 1. The molecule has 0 amide bonds. The lowest BCUT2D eigenvalue weighted by atomic mass is 10.1. The lowest BCUT2D eigenvalue weighted by molar-refractivity contribution is -0.384. The Balaban J connectivity index is 1.70. The summed E-state index contributed by atoms with van der Waals surface area (Å²) in [4.78, 5) is 22.5. The molecular weight excluding hydrogens is 326 g/mol. The SMILES string of the molecule is CNc1cc([N+](=O)[O-])ccc1N/C=C/C(=O)c1ccc2c(c1)OCO2. The van der Waals surface area contributed by atoms with Crippen LogP contribution in [0, 0.1) is 10.1 Å². The molecule has 1 aliphatic rings. The maximum Gasteiger partial charge on any atom is 0.271 e. The van der Waals surface area contributed by atoms with Gasteiger partial charge in [0.2, 0.25) is 6.79 Å². The first-order valence-electron chi connectivity index (χ1n) is 7.42. The van der Waals surface area contributed by atoms with E-state index in [0.717, 1.165) is 0 Å². The smallest absolute Gasteiger partial charge is 0.271 e. The van der Waals surface area contributed by atoms with E-state index in [1.807, 2.05) is 0 Å². The van der Waals surface area contributed by atoms with E-state index in [0.29, 0.717) is 28.4 Å². The molecule has 0 aliphatic carbocycles. The Bertz CT molecular complexity index is 863. The van der Waals surface area contributed by atoms with Crippen molar-refractivity contribution < 1.29 is 19.2 Å². The molecule has 2 N–H and O–H groups in total. The number of non-ortho nitro benzene ring substituents is 1. The second-order valence-electron chi connectivity index (χ2n) is 5.15. The number of nitro groups is 1. The molecule has 2 aromatic carbocycles. The van der Waals surface area contributed by atoms with E-state index in [1.165, 1.54) is 24.4 Å². The van der Waals surface area contributed by atoms with Gasteiger partial charge in [0.1, 0.15) is 0 Å². The Labute approximate surface area is 143 Å². The molecule has 8 nitrogen and oxygen atoms in total. The topological polar surface area (TPSA) is 103 Å². The zero-order chi connectivity index (χ0) is 17.8. The third-order valence-electron chi connectivity index (χ3n) is 3.61. The average Bonchev–Trinajstić information content (AvgIpc) is 3.09. The van der Waals surface area contributed by atoms with Crippen LogP contribution in [0.25, 0.3) is 0 Å². The molecule has 3 rings (SSSR count). The minimum Gasteiger partial charge on any atom is -0.454 e. The van der Waals surface area contributed by atoms with E-state index in [4.69, 9.17) is 9.47 Å². The van der Waals surface area contributed by atoms with Crippen molar-refractivity contribution in [3.63, 3.8) is 0 Å². The highest BCUT2D eigenvalue weighted by Gasteiger charge is 2.15. The molecule has 0 unspecified atom stereocenters. The Morgan fingerprint density at radius 1 is 1.16 bits per heavy atom. The quantitative estimate of drug-likeness (QED) is 0.360. The van der Waals surface area contributed by atoms with Crippen LogP contribution in [0.5, 0.6) is 11.5 Å². The van der Waals surface area contributed by atoms with Gasteiger partial charge in [-0.25, -0.2) is 0 Å². The van der Waals surface area contributed by atoms with Crippen molar-refractivity contribution >= 4 is 22.8 Å². The van der Waals surface area contributed by atoms with Gasteiger partial charge in [0.15, 0.2) is 17.3 Å². The number of nitro benzene ring substituents is 1. The summed E-state index contributed by atoms with van der Waals surface area (Å²) >= 11 is 0. The lowest BCUT2D eigenvalue weighted by Gasteiger charge is -2.08. The number of nitrogens with zero attached hydrogens (tertiary/aromatic N) is 1. The van der Waals surface area contributed by atoms with Gasteiger partial charge < -0.3 is 20.1 Å². The third-order valence-corrected chi connectivity index (χ3v) is 3.61. The molecule has 2 aromatic rings. The van der Waals surface area contributed by atoms with E-state index in [9.17, 15) is 14.9 Å². The van der Waals surface area contributed by atoms with Gasteiger partial charge in [-0.15, -0.1) is 0 Å². The Morgan fingerprint density at radius 2 is 1.96 bits per heavy atom. The molecule has 8 heteroatoms. The number of nitrogens with one attached hydrogen (secondary N) is 2. The fourth-order valence-corrected chi connectivity index (χ4v) is 2.33. The van der Waals surface area contributed by atoms with Crippen molar-refractivity contribution in [2.45, 2.75) is 0 Å². The van der Waals surface area contributed by atoms with Gasteiger partial charge in [0.05, 0.1) is 16.3 Å². The van der Waals surface area contributed by atoms with Crippen molar-refractivity contribution in [3.8, 4) is 11.5 Å². The van der Waals surface area contributed by atoms with Gasteiger partial charge in [-0.05, 0) is 24.3 Å².